The van der Waals surface area contributed by atoms with Crippen LogP contribution in [0.2, 0.25) is 0 Å². The Morgan fingerprint density at radius 2 is 1.88 bits per heavy atom. The molecule has 0 spiro atoms. The van der Waals surface area contributed by atoms with Gasteiger partial charge in [-0.2, -0.15) is 0 Å². The molecule has 0 atom stereocenters. The SMILES string of the molecule is CC(C)c1nnc(C(=O)N2CCN(Cc3ccc4c(c3)OCO4)CC2)o1. The molecule has 0 saturated carbocycles. The van der Waals surface area contributed by atoms with Gasteiger partial charge in [-0.05, 0) is 17.7 Å². The monoisotopic (exact) mass is 358 g/mol. The Balaban J connectivity index is 1.33. The summed E-state index contributed by atoms with van der Waals surface area (Å²) in [6.45, 7) is 7.89. The number of carbonyl (C=O) groups is 1. The fraction of sp³-hybridized carbons (Fsp3) is 0.500. The van der Waals surface area contributed by atoms with Gasteiger partial charge in [0.2, 0.25) is 12.7 Å². The number of carbonyl (C=O) groups excluding carboxylic acids is 1. The maximum absolute atomic E-state index is 12.5. The Labute approximate surface area is 151 Å². The maximum atomic E-state index is 12.5. The van der Waals surface area contributed by atoms with Crippen LogP contribution >= 0.6 is 0 Å². The van der Waals surface area contributed by atoms with Crippen LogP contribution in [-0.2, 0) is 6.54 Å². The minimum Gasteiger partial charge on any atom is -0.454 e. The van der Waals surface area contributed by atoms with Gasteiger partial charge in [-0.25, -0.2) is 0 Å². The second-order valence-corrected chi connectivity index (χ2v) is 6.86. The fourth-order valence-electron chi connectivity index (χ4n) is 3.10. The first-order chi connectivity index (χ1) is 12.6. The Kier molecular flexibility index (Phi) is 4.50. The van der Waals surface area contributed by atoms with E-state index < -0.39 is 0 Å². The molecule has 1 amide bonds. The molecular weight excluding hydrogens is 336 g/mol. The lowest BCUT2D eigenvalue weighted by molar-refractivity contribution is 0.0588. The molecule has 2 aromatic rings. The van der Waals surface area contributed by atoms with Gasteiger partial charge in [0.25, 0.3) is 0 Å². The van der Waals surface area contributed by atoms with E-state index in [1.54, 1.807) is 4.90 Å². The van der Waals surface area contributed by atoms with E-state index in [4.69, 9.17) is 13.9 Å². The molecular formula is C18H22N4O4. The van der Waals surface area contributed by atoms with Crippen LogP contribution in [0.25, 0.3) is 0 Å². The van der Waals surface area contributed by atoms with Gasteiger partial charge in [0, 0.05) is 38.6 Å². The molecule has 0 N–H and O–H groups in total. The molecule has 0 radical (unpaired) electrons. The summed E-state index contributed by atoms with van der Waals surface area (Å²) in [7, 11) is 0. The van der Waals surface area contributed by atoms with Crippen molar-refractivity contribution in [2.24, 2.45) is 0 Å². The van der Waals surface area contributed by atoms with Gasteiger partial charge >= 0.3 is 11.8 Å². The van der Waals surface area contributed by atoms with Crippen molar-refractivity contribution in [3.05, 3.63) is 35.5 Å². The highest BCUT2D eigenvalue weighted by Gasteiger charge is 2.26. The molecule has 0 unspecified atom stereocenters. The zero-order valence-electron chi connectivity index (χ0n) is 15.0. The molecule has 1 fully saturated rings. The third kappa shape index (κ3) is 3.37. The molecule has 4 rings (SSSR count). The molecule has 3 heterocycles. The van der Waals surface area contributed by atoms with Crippen molar-refractivity contribution < 1.29 is 18.7 Å². The van der Waals surface area contributed by atoms with E-state index in [9.17, 15) is 4.79 Å². The Morgan fingerprint density at radius 3 is 2.62 bits per heavy atom. The van der Waals surface area contributed by atoms with Crippen LogP contribution in [0.3, 0.4) is 0 Å². The lowest BCUT2D eigenvalue weighted by Crippen LogP contribution is -2.48. The summed E-state index contributed by atoms with van der Waals surface area (Å²) in [5.74, 6) is 2.10. The van der Waals surface area contributed by atoms with Gasteiger partial charge in [0.1, 0.15) is 0 Å². The van der Waals surface area contributed by atoms with Gasteiger partial charge in [-0.15, -0.1) is 10.2 Å². The largest absolute Gasteiger partial charge is 0.454 e. The summed E-state index contributed by atoms with van der Waals surface area (Å²) in [6.07, 6.45) is 0. The fourth-order valence-corrected chi connectivity index (χ4v) is 3.10. The Morgan fingerprint density at radius 1 is 1.12 bits per heavy atom. The van der Waals surface area contributed by atoms with Gasteiger partial charge < -0.3 is 18.8 Å². The maximum Gasteiger partial charge on any atom is 0.311 e. The van der Waals surface area contributed by atoms with Gasteiger partial charge in [0.15, 0.2) is 11.5 Å². The smallest absolute Gasteiger partial charge is 0.311 e. The number of ether oxygens (including phenoxy) is 2. The van der Waals surface area contributed by atoms with E-state index in [0.717, 1.165) is 31.1 Å². The molecule has 0 bridgehead atoms. The normalized spacial score (nSPS) is 17.1. The lowest BCUT2D eigenvalue weighted by Gasteiger charge is -2.34. The van der Waals surface area contributed by atoms with Crippen molar-refractivity contribution in [1.82, 2.24) is 20.0 Å². The number of aromatic nitrogens is 2. The summed E-state index contributed by atoms with van der Waals surface area (Å²) < 4.78 is 16.2. The number of amides is 1. The van der Waals surface area contributed by atoms with Crippen molar-refractivity contribution in [2.45, 2.75) is 26.3 Å². The van der Waals surface area contributed by atoms with Crippen molar-refractivity contribution >= 4 is 5.91 Å². The number of piperazine rings is 1. The molecule has 8 nitrogen and oxygen atoms in total. The van der Waals surface area contributed by atoms with Crippen molar-refractivity contribution in [1.29, 1.82) is 0 Å². The highest BCUT2D eigenvalue weighted by Crippen LogP contribution is 2.32. The molecule has 1 aromatic heterocycles. The van der Waals surface area contributed by atoms with Crippen LogP contribution in [0.5, 0.6) is 11.5 Å². The van der Waals surface area contributed by atoms with E-state index in [1.807, 2.05) is 26.0 Å². The first-order valence-electron chi connectivity index (χ1n) is 8.83. The molecule has 8 heteroatoms. The predicted molar refractivity (Wildman–Crippen MR) is 92.1 cm³/mol. The first kappa shape index (κ1) is 16.8. The van der Waals surface area contributed by atoms with Gasteiger partial charge in [0.05, 0.1) is 0 Å². The van der Waals surface area contributed by atoms with Crippen LogP contribution < -0.4 is 9.47 Å². The average molecular weight is 358 g/mol. The van der Waals surface area contributed by atoms with Crippen molar-refractivity contribution in [3.63, 3.8) is 0 Å². The molecule has 1 aromatic carbocycles. The van der Waals surface area contributed by atoms with E-state index in [0.29, 0.717) is 19.0 Å². The number of fused-ring (bicyclic) bond motifs is 1. The van der Waals surface area contributed by atoms with Gasteiger partial charge in [-0.3, -0.25) is 9.69 Å². The number of hydrogen-bond donors (Lipinski definition) is 0. The number of nitrogens with zero attached hydrogens (tertiary/aromatic N) is 4. The molecule has 138 valence electrons. The van der Waals surface area contributed by atoms with E-state index in [1.165, 1.54) is 5.56 Å². The van der Waals surface area contributed by atoms with Crippen molar-refractivity contribution in [3.8, 4) is 11.5 Å². The highest BCUT2D eigenvalue weighted by atomic mass is 16.7. The topological polar surface area (TPSA) is 80.9 Å². The minimum absolute atomic E-state index is 0.0814. The predicted octanol–water partition coefficient (Wildman–Crippen LogP) is 1.88. The molecule has 0 aliphatic carbocycles. The van der Waals surface area contributed by atoms with Crippen LogP contribution in [0, 0.1) is 0 Å². The van der Waals surface area contributed by atoms with E-state index in [-0.39, 0.29) is 24.5 Å². The average Bonchev–Trinajstić information content (AvgIpc) is 3.31. The summed E-state index contributed by atoms with van der Waals surface area (Å²) in [5, 5.41) is 7.82. The van der Waals surface area contributed by atoms with E-state index in [2.05, 4.69) is 21.2 Å². The molecule has 2 aliphatic heterocycles. The number of rotatable bonds is 4. The summed E-state index contributed by atoms with van der Waals surface area (Å²) in [4.78, 5) is 16.6. The zero-order chi connectivity index (χ0) is 18.1. The summed E-state index contributed by atoms with van der Waals surface area (Å²) in [5.41, 5.74) is 1.17. The third-order valence-corrected chi connectivity index (χ3v) is 4.62. The number of benzene rings is 1. The Hall–Kier alpha value is -2.61. The van der Waals surface area contributed by atoms with E-state index >= 15 is 0 Å². The first-order valence-corrected chi connectivity index (χ1v) is 8.83. The number of hydrogen-bond acceptors (Lipinski definition) is 7. The molecule has 26 heavy (non-hydrogen) atoms. The summed E-state index contributed by atoms with van der Waals surface area (Å²) >= 11 is 0. The Bertz CT molecular complexity index is 796. The molecule has 1 saturated heterocycles. The third-order valence-electron chi connectivity index (χ3n) is 4.62. The summed E-state index contributed by atoms with van der Waals surface area (Å²) in [6, 6.07) is 6.02. The zero-order valence-corrected chi connectivity index (χ0v) is 15.0. The second kappa shape index (κ2) is 6.95. The lowest BCUT2D eigenvalue weighted by atomic mass is 10.1. The highest BCUT2D eigenvalue weighted by molar-refractivity contribution is 5.89. The quantitative estimate of drug-likeness (QED) is 0.825. The van der Waals surface area contributed by atoms with Crippen molar-refractivity contribution in [2.75, 3.05) is 33.0 Å². The molecule has 2 aliphatic rings. The second-order valence-electron chi connectivity index (χ2n) is 6.86. The van der Waals surface area contributed by atoms with Crippen LogP contribution in [0.15, 0.2) is 22.6 Å². The van der Waals surface area contributed by atoms with Crippen LogP contribution in [-0.4, -0.2) is 58.9 Å². The van der Waals surface area contributed by atoms with Crippen LogP contribution in [0.1, 0.15) is 41.9 Å². The minimum atomic E-state index is -0.188. The van der Waals surface area contributed by atoms with Gasteiger partial charge in [-0.1, -0.05) is 19.9 Å². The van der Waals surface area contributed by atoms with Crippen LogP contribution in [0.4, 0.5) is 0 Å². The standard InChI is InChI=1S/C18H22N4O4/c1-12(2)16-19-20-17(26-16)18(23)22-7-5-21(6-8-22)10-13-3-4-14-15(9-13)25-11-24-14/h3-4,9,12H,5-8,10-11H2,1-2H3.